The molecule has 2 aromatic rings. The van der Waals surface area contributed by atoms with Gasteiger partial charge in [-0.25, -0.2) is 0 Å². The molecule has 0 saturated carbocycles. The molecule has 0 spiro atoms. The summed E-state index contributed by atoms with van der Waals surface area (Å²) in [6, 6.07) is 17.3. The first-order valence-corrected chi connectivity index (χ1v) is 10.8. The summed E-state index contributed by atoms with van der Waals surface area (Å²) < 4.78 is 0. The van der Waals surface area contributed by atoms with Gasteiger partial charge < -0.3 is 25.9 Å². The van der Waals surface area contributed by atoms with E-state index in [1.807, 2.05) is 42.5 Å². The van der Waals surface area contributed by atoms with E-state index in [1.165, 1.54) is 0 Å². The van der Waals surface area contributed by atoms with E-state index >= 15 is 0 Å². The van der Waals surface area contributed by atoms with Crippen molar-refractivity contribution in [2.45, 2.75) is 32.1 Å². The summed E-state index contributed by atoms with van der Waals surface area (Å²) in [7, 11) is 0. The zero-order valence-corrected chi connectivity index (χ0v) is 18.8. The molecule has 1 fully saturated rings. The van der Waals surface area contributed by atoms with Crippen LogP contribution in [0.5, 0.6) is 5.75 Å². The van der Waals surface area contributed by atoms with Gasteiger partial charge in [0, 0.05) is 13.1 Å². The van der Waals surface area contributed by atoms with Gasteiger partial charge in [-0.2, -0.15) is 0 Å². The highest BCUT2D eigenvalue weighted by Gasteiger charge is 2.39. The number of carbonyl (C=O) groups is 2. The molecule has 0 bridgehead atoms. The smallest absolute Gasteiger partial charge is 0.322 e. The molecule has 0 aliphatic carbocycles. The lowest BCUT2D eigenvalue weighted by molar-refractivity contribution is -0.138. The van der Waals surface area contributed by atoms with Gasteiger partial charge >= 0.3 is 5.97 Å². The predicted octanol–water partition coefficient (Wildman–Crippen LogP) is 2.23. The highest BCUT2D eigenvalue weighted by molar-refractivity contribution is 5.83. The number of carbonyl (C=O) groups excluding carboxylic acids is 1. The van der Waals surface area contributed by atoms with Crippen molar-refractivity contribution in [1.29, 1.82) is 0 Å². The summed E-state index contributed by atoms with van der Waals surface area (Å²) in [6.07, 6.45) is 1.49. The van der Waals surface area contributed by atoms with Crippen LogP contribution in [0.15, 0.2) is 54.6 Å². The molecule has 0 radical (unpaired) electrons. The minimum atomic E-state index is -1.04. The topological polar surface area (TPSA) is 121 Å². The van der Waals surface area contributed by atoms with Crippen LogP contribution in [-0.2, 0) is 21.4 Å². The van der Waals surface area contributed by atoms with Crippen LogP contribution < -0.4 is 5.32 Å². The van der Waals surface area contributed by atoms with E-state index in [2.05, 4.69) is 30.1 Å². The Morgan fingerprint density at radius 3 is 2.53 bits per heavy atom. The van der Waals surface area contributed by atoms with E-state index in [0.29, 0.717) is 18.9 Å². The Bertz CT molecular complexity index is 904. The maximum Gasteiger partial charge on any atom is 0.322 e. The van der Waals surface area contributed by atoms with Crippen LogP contribution in [0.4, 0.5) is 0 Å². The van der Waals surface area contributed by atoms with Crippen molar-refractivity contribution in [2.24, 2.45) is 11.8 Å². The normalized spacial score (nSPS) is 21.9. The number of nitrogens with zero attached hydrogens (tertiary/aromatic N) is 1. The Morgan fingerprint density at radius 2 is 1.91 bits per heavy atom. The summed E-state index contributed by atoms with van der Waals surface area (Å²) >= 11 is 0. The molecule has 3 rings (SSSR count). The number of aromatic hydroxyl groups is 1. The zero-order valence-electron chi connectivity index (χ0n) is 18.8. The predicted molar refractivity (Wildman–Crippen MR) is 124 cm³/mol. The molecule has 0 aromatic heterocycles. The molecular formula is C25H34N2O5. The minimum Gasteiger partial charge on any atom is -0.508 e. The van der Waals surface area contributed by atoms with E-state index in [0.717, 1.165) is 30.6 Å². The second kappa shape index (κ2) is 11.1. The first-order valence-electron chi connectivity index (χ1n) is 10.8. The highest BCUT2D eigenvalue weighted by Crippen LogP contribution is 2.40. The SMILES string of the molecule is C[C@H]1CN(C[C@@H](Cc2ccccc2)C(=O)NCC(=O)O)CC[C@@]1(C)c1cccc(O)c1.O. The fourth-order valence-electron chi connectivity index (χ4n) is 4.53. The molecular weight excluding hydrogens is 408 g/mol. The van der Waals surface area contributed by atoms with Crippen molar-refractivity contribution in [3.63, 3.8) is 0 Å². The Kier molecular flexibility index (Phi) is 8.80. The van der Waals surface area contributed by atoms with Gasteiger partial charge in [0.05, 0.1) is 5.92 Å². The van der Waals surface area contributed by atoms with Gasteiger partial charge in [-0.3, -0.25) is 9.59 Å². The van der Waals surface area contributed by atoms with Crippen LogP contribution >= 0.6 is 0 Å². The second-order valence-electron chi connectivity index (χ2n) is 8.88. The third-order valence-corrected chi connectivity index (χ3v) is 6.66. The number of benzene rings is 2. The summed E-state index contributed by atoms with van der Waals surface area (Å²) in [5.41, 5.74) is 2.16. The Labute approximate surface area is 189 Å². The van der Waals surface area contributed by atoms with Crippen LogP contribution in [0.2, 0.25) is 0 Å². The lowest BCUT2D eigenvalue weighted by Gasteiger charge is -2.45. The van der Waals surface area contributed by atoms with Crippen molar-refractivity contribution in [2.75, 3.05) is 26.2 Å². The number of hydrogen-bond acceptors (Lipinski definition) is 4. The van der Waals surface area contributed by atoms with Crippen LogP contribution in [0.1, 0.15) is 31.4 Å². The number of amides is 1. The number of rotatable bonds is 8. The Hall–Kier alpha value is -2.90. The Balaban J connectivity index is 0.00000363. The minimum absolute atomic E-state index is 0. The number of aliphatic carboxylic acids is 1. The fraction of sp³-hybridized carbons (Fsp3) is 0.440. The van der Waals surface area contributed by atoms with Gasteiger partial charge in [0.2, 0.25) is 5.91 Å². The first kappa shape index (κ1) is 25.4. The Morgan fingerprint density at radius 1 is 1.19 bits per heavy atom. The van der Waals surface area contributed by atoms with Crippen LogP contribution in [0.25, 0.3) is 0 Å². The largest absolute Gasteiger partial charge is 0.508 e. The average molecular weight is 443 g/mol. The van der Waals surface area contributed by atoms with E-state index in [1.54, 1.807) is 6.07 Å². The van der Waals surface area contributed by atoms with Crippen LogP contribution in [0.3, 0.4) is 0 Å². The third-order valence-electron chi connectivity index (χ3n) is 6.66. The zero-order chi connectivity index (χ0) is 22.4. The lowest BCUT2D eigenvalue weighted by atomic mass is 9.68. The first-order chi connectivity index (χ1) is 14.8. The number of carboxylic acids is 1. The molecule has 0 unspecified atom stereocenters. The summed E-state index contributed by atoms with van der Waals surface area (Å²) in [5, 5.41) is 21.4. The molecule has 3 atom stereocenters. The van der Waals surface area contributed by atoms with Gasteiger partial charge in [0.1, 0.15) is 12.3 Å². The molecule has 1 saturated heterocycles. The molecule has 1 aliphatic rings. The number of likely N-dealkylation sites (tertiary alicyclic amines) is 1. The van der Waals surface area contributed by atoms with Crippen molar-refractivity contribution >= 4 is 11.9 Å². The highest BCUT2D eigenvalue weighted by atomic mass is 16.4. The van der Waals surface area contributed by atoms with E-state index in [-0.39, 0.29) is 35.0 Å². The van der Waals surface area contributed by atoms with Gasteiger partial charge in [0.15, 0.2) is 0 Å². The van der Waals surface area contributed by atoms with Crippen molar-refractivity contribution in [3.05, 3.63) is 65.7 Å². The maximum absolute atomic E-state index is 12.8. The molecule has 1 amide bonds. The molecule has 174 valence electrons. The molecule has 1 aliphatic heterocycles. The molecule has 32 heavy (non-hydrogen) atoms. The molecule has 1 heterocycles. The number of piperidine rings is 1. The standard InChI is InChI=1S/C25H32N2O4.H2O/c1-18-16-27(12-11-25(18,2)21-9-6-10-22(28)14-21)17-20(24(31)26-15-23(29)30)13-19-7-4-3-5-8-19;/h3-10,14,18,20,28H,11-13,15-17H2,1-2H3,(H,26,31)(H,29,30);1H2/t18-,20+,25+;/m0./s1. The average Bonchev–Trinajstić information content (AvgIpc) is 2.75. The lowest BCUT2D eigenvalue weighted by Crippen LogP contribution is -2.50. The molecule has 2 aromatic carbocycles. The van der Waals surface area contributed by atoms with Gasteiger partial charge in [0.25, 0.3) is 0 Å². The summed E-state index contributed by atoms with van der Waals surface area (Å²) in [5.74, 6) is -0.964. The van der Waals surface area contributed by atoms with Crippen molar-refractivity contribution in [3.8, 4) is 5.75 Å². The fourth-order valence-corrected chi connectivity index (χ4v) is 4.53. The monoisotopic (exact) mass is 442 g/mol. The van der Waals surface area contributed by atoms with Crippen molar-refractivity contribution in [1.82, 2.24) is 10.2 Å². The van der Waals surface area contributed by atoms with Crippen LogP contribution in [0, 0.1) is 11.8 Å². The van der Waals surface area contributed by atoms with E-state index in [9.17, 15) is 14.7 Å². The van der Waals surface area contributed by atoms with Crippen LogP contribution in [-0.4, -0.2) is 58.6 Å². The quantitative estimate of drug-likeness (QED) is 0.579. The van der Waals surface area contributed by atoms with Gasteiger partial charge in [-0.1, -0.05) is 56.3 Å². The maximum atomic E-state index is 12.8. The molecule has 7 nitrogen and oxygen atoms in total. The van der Waals surface area contributed by atoms with Crippen molar-refractivity contribution < 1.29 is 25.3 Å². The van der Waals surface area contributed by atoms with E-state index in [4.69, 9.17) is 5.11 Å². The summed E-state index contributed by atoms with van der Waals surface area (Å²) in [6.45, 7) is 6.35. The molecule has 5 N–H and O–H groups in total. The van der Waals surface area contributed by atoms with E-state index < -0.39 is 5.97 Å². The number of carboxylic acid groups (broad SMARTS) is 1. The second-order valence-corrected chi connectivity index (χ2v) is 8.88. The number of phenols is 1. The molecule has 7 heteroatoms. The number of phenolic OH excluding ortho intramolecular Hbond substituents is 1. The summed E-state index contributed by atoms with van der Waals surface area (Å²) in [4.78, 5) is 26.0. The van der Waals surface area contributed by atoms with Gasteiger partial charge in [-0.15, -0.1) is 0 Å². The van der Waals surface area contributed by atoms with Gasteiger partial charge in [-0.05, 0) is 54.0 Å². The number of hydrogen-bond donors (Lipinski definition) is 3. The third kappa shape index (κ3) is 6.31. The number of nitrogens with one attached hydrogen (secondary N) is 1.